The molecule has 1 aliphatic carbocycles. The molecule has 0 aliphatic heterocycles. The van der Waals surface area contributed by atoms with E-state index in [0.717, 1.165) is 0 Å². The van der Waals surface area contributed by atoms with Crippen LogP contribution in [0.25, 0.3) is 0 Å². The predicted octanol–water partition coefficient (Wildman–Crippen LogP) is -7.37. The summed E-state index contributed by atoms with van der Waals surface area (Å²) in [6, 6.07) is 0. The first kappa shape index (κ1) is 18.8. The smallest absolute Gasteiger partial charge is 0.549 e. The van der Waals surface area contributed by atoms with Crippen molar-refractivity contribution in [3.05, 3.63) is 23.8 Å². The van der Waals surface area contributed by atoms with Gasteiger partial charge in [0.25, 0.3) is 0 Å². The number of carbonyl (C=O) groups excluding carboxylic acids is 2. The largest absolute Gasteiger partial charge is 1.00 e. The van der Waals surface area contributed by atoms with Crippen LogP contribution in [0.4, 0.5) is 0 Å². The Morgan fingerprint density at radius 1 is 1.31 bits per heavy atom. The maximum Gasteiger partial charge on any atom is 1.00 e. The maximum atomic E-state index is 10.9. The second kappa shape index (κ2) is 6.99. The van der Waals surface area contributed by atoms with Gasteiger partial charge in [0.15, 0.2) is 0 Å². The summed E-state index contributed by atoms with van der Waals surface area (Å²) in [6.45, 7) is 2.88. The van der Waals surface area contributed by atoms with Crippen LogP contribution in [-0.4, -0.2) is 11.9 Å². The van der Waals surface area contributed by atoms with E-state index in [1.807, 2.05) is 0 Å². The number of hydrogen-bond acceptors (Lipinski definition) is 4. The first-order chi connectivity index (χ1) is 6.39. The molecule has 0 aromatic heterocycles. The Labute approximate surface area is 138 Å². The third-order valence-corrected chi connectivity index (χ3v) is 2.53. The van der Waals surface area contributed by atoms with Crippen LogP contribution >= 0.6 is 0 Å². The van der Waals surface area contributed by atoms with Gasteiger partial charge in [0.2, 0.25) is 0 Å². The Bertz CT molecular complexity index is 349. The Hall–Kier alpha value is 0.420. The molecule has 0 fully saturated rings. The van der Waals surface area contributed by atoms with Crippen LogP contribution in [0.1, 0.15) is 13.8 Å². The van der Waals surface area contributed by atoms with Crippen molar-refractivity contribution in [1.82, 2.24) is 0 Å². The van der Waals surface area contributed by atoms with Gasteiger partial charge >= 0.3 is 59.1 Å². The van der Waals surface area contributed by atoms with Crippen LogP contribution < -0.4 is 69.3 Å². The van der Waals surface area contributed by atoms with Crippen molar-refractivity contribution < 1.29 is 78.9 Å². The Morgan fingerprint density at radius 2 is 1.81 bits per heavy atom. The molecule has 2 atom stereocenters. The minimum Gasteiger partial charge on any atom is -0.549 e. The van der Waals surface area contributed by atoms with Gasteiger partial charge in [-0.15, -0.1) is 0 Å². The average molecular weight is 240 g/mol. The SMILES string of the molecule is CC1=CC=CC(C)(C(=O)[O-])C1C(=O)[O-].[Na+].[Na+]. The van der Waals surface area contributed by atoms with Crippen LogP contribution in [-0.2, 0) is 9.59 Å². The normalized spacial score (nSPS) is 27.1. The molecule has 0 bridgehead atoms. The maximum absolute atomic E-state index is 10.9. The zero-order chi connectivity index (χ0) is 10.9. The fraction of sp³-hybridized carbons (Fsp3) is 0.400. The Balaban J connectivity index is 0. The van der Waals surface area contributed by atoms with E-state index in [-0.39, 0.29) is 59.1 Å². The summed E-state index contributed by atoms with van der Waals surface area (Å²) in [6.07, 6.45) is 4.39. The van der Waals surface area contributed by atoms with E-state index in [9.17, 15) is 19.8 Å². The molecule has 0 saturated heterocycles. The van der Waals surface area contributed by atoms with Gasteiger partial charge in [0.1, 0.15) is 0 Å². The van der Waals surface area contributed by atoms with Crippen LogP contribution in [0.3, 0.4) is 0 Å². The molecule has 0 radical (unpaired) electrons. The van der Waals surface area contributed by atoms with Crippen molar-refractivity contribution in [3.8, 4) is 0 Å². The van der Waals surface area contributed by atoms with E-state index < -0.39 is 23.3 Å². The van der Waals surface area contributed by atoms with Crippen molar-refractivity contribution in [1.29, 1.82) is 0 Å². The molecular weight excluding hydrogens is 230 g/mol. The van der Waals surface area contributed by atoms with Gasteiger partial charge in [-0.2, -0.15) is 0 Å². The predicted molar refractivity (Wildman–Crippen MR) is 44.5 cm³/mol. The van der Waals surface area contributed by atoms with E-state index >= 15 is 0 Å². The fourth-order valence-corrected chi connectivity index (χ4v) is 1.68. The molecule has 0 heterocycles. The van der Waals surface area contributed by atoms with Gasteiger partial charge in [-0.05, 0) is 13.8 Å². The standard InChI is InChI=1S/C10H12O4.2Na/c1-6-4-3-5-10(2,9(13)14)7(6)8(11)12;;/h3-5,7H,1-2H3,(H,11,12)(H,13,14);;/q;2*+1/p-2. The Morgan fingerprint density at radius 3 is 2.12 bits per heavy atom. The summed E-state index contributed by atoms with van der Waals surface area (Å²) in [5, 5.41) is 21.7. The molecule has 76 valence electrons. The fourth-order valence-electron chi connectivity index (χ4n) is 1.68. The minimum atomic E-state index is -1.52. The zero-order valence-corrected chi connectivity index (χ0v) is 13.9. The average Bonchev–Trinajstić information content (AvgIpc) is 2.02. The summed E-state index contributed by atoms with van der Waals surface area (Å²) < 4.78 is 0. The molecule has 1 rings (SSSR count). The van der Waals surface area contributed by atoms with Crippen molar-refractivity contribution in [2.24, 2.45) is 11.3 Å². The van der Waals surface area contributed by atoms with Gasteiger partial charge in [0.05, 0.1) is 5.97 Å². The number of carboxylic acid groups (broad SMARTS) is 2. The molecule has 0 aromatic carbocycles. The van der Waals surface area contributed by atoms with Crippen molar-refractivity contribution in [2.75, 3.05) is 0 Å². The van der Waals surface area contributed by atoms with Crippen LogP contribution in [0.2, 0.25) is 0 Å². The van der Waals surface area contributed by atoms with E-state index in [0.29, 0.717) is 5.57 Å². The minimum absolute atomic E-state index is 0. The van der Waals surface area contributed by atoms with Crippen molar-refractivity contribution in [3.63, 3.8) is 0 Å². The molecule has 0 aromatic rings. The van der Waals surface area contributed by atoms with E-state index in [1.54, 1.807) is 13.0 Å². The molecule has 0 spiro atoms. The third-order valence-electron chi connectivity index (χ3n) is 2.53. The van der Waals surface area contributed by atoms with Crippen molar-refractivity contribution in [2.45, 2.75) is 13.8 Å². The molecule has 4 nitrogen and oxygen atoms in total. The summed E-state index contributed by atoms with van der Waals surface area (Å²) in [7, 11) is 0. The summed E-state index contributed by atoms with van der Waals surface area (Å²) >= 11 is 0. The van der Waals surface area contributed by atoms with Gasteiger partial charge < -0.3 is 19.8 Å². The molecular formula is C10H10Na2O4. The zero-order valence-electron chi connectivity index (χ0n) is 9.94. The molecule has 2 unspecified atom stereocenters. The van der Waals surface area contributed by atoms with Crippen molar-refractivity contribution >= 4 is 11.9 Å². The van der Waals surface area contributed by atoms with Gasteiger partial charge in [-0.1, -0.05) is 23.8 Å². The van der Waals surface area contributed by atoms with E-state index in [4.69, 9.17) is 0 Å². The monoisotopic (exact) mass is 240 g/mol. The second-order valence-corrected chi connectivity index (χ2v) is 3.59. The van der Waals surface area contributed by atoms with Gasteiger partial charge in [0, 0.05) is 17.3 Å². The summed E-state index contributed by atoms with van der Waals surface area (Å²) in [4.78, 5) is 21.7. The van der Waals surface area contributed by atoms with Crippen LogP contribution in [0.15, 0.2) is 23.8 Å². The molecule has 1 aliphatic rings. The van der Waals surface area contributed by atoms with E-state index in [1.165, 1.54) is 19.1 Å². The summed E-state index contributed by atoms with van der Waals surface area (Å²) in [5.74, 6) is -3.96. The van der Waals surface area contributed by atoms with E-state index in [2.05, 4.69) is 0 Å². The van der Waals surface area contributed by atoms with Gasteiger partial charge in [-0.3, -0.25) is 0 Å². The number of aliphatic carboxylic acids is 2. The number of hydrogen-bond donors (Lipinski definition) is 0. The first-order valence-corrected chi connectivity index (χ1v) is 4.18. The van der Waals surface area contributed by atoms with Gasteiger partial charge in [-0.25, -0.2) is 0 Å². The number of allylic oxidation sites excluding steroid dienone is 2. The second-order valence-electron chi connectivity index (χ2n) is 3.59. The Kier molecular flexibility index (Phi) is 8.20. The molecule has 6 heteroatoms. The summed E-state index contributed by atoms with van der Waals surface area (Å²) in [5.41, 5.74) is -1.06. The van der Waals surface area contributed by atoms with Crippen LogP contribution in [0, 0.1) is 11.3 Å². The van der Waals surface area contributed by atoms with Crippen LogP contribution in [0.5, 0.6) is 0 Å². The molecule has 16 heavy (non-hydrogen) atoms. The number of carboxylic acids is 2. The molecule has 0 N–H and O–H groups in total. The molecule has 0 amide bonds. The third kappa shape index (κ3) is 3.45. The topological polar surface area (TPSA) is 80.3 Å². The quantitative estimate of drug-likeness (QED) is 0.449. The number of carbonyl (C=O) groups is 2. The first-order valence-electron chi connectivity index (χ1n) is 4.18. The number of rotatable bonds is 2. The molecule has 0 saturated carbocycles.